The van der Waals surface area contributed by atoms with Crippen LogP contribution in [0.25, 0.3) is 0 Å². The van der Waals surface area contributed by atoms with Crippen LogP contribution in [0.15, 0.2) is 41.5 Å². The van der Waals surface area contributed by atoms with Gasteiger partial charge in [0.25, 0.3) is 0 Å². The topological polar surface area (TPSA) is 90.2 Å². The maximum Gasteiger partial charge on any atom is 0.307 e. The zero-order valence-corrected chi connectivity index (χ0v) is 18.6. The number of carbonyl (C=O) groups is 2. The summed E-state index contributed by atoms with van der Waals surface area (Å²) in [5, 5.41) is 22.9. The Morgan fingerprint density at radius 2 is 1.77 bits per heavy atom. The van der Waals surface area contributed by atoms with Crippen LogP contribution >= 0.6 is 11.3 Å². The van der Waals surface area contributed by atoms with E-state index in [1.165, 1.54) is 16.9 Å². The van der Waals surface area contributed by atoms with Crippen molar-refractivity contribution in [3.8, 4) is 6.07 Å². The van der Waals surface area contributed by atoms with Crippen molar-refractivity contribution in [3.63, 3.8) is 0 Å². The van der Waals surface area contributed by atoms with Crippen LogP contribution in [0.2, 0.25) is 0 Å². The minimum atomic E-state index is -0.941. The van der Waals surface area contributed by atoms with Gasteiger partial charge in [0.15, 0.2) is 0 Å². The SMILES string of the molecule is CC1=C(C)C[C@@H](C(=O)Nc2sc3c(c2C#N)CC[C@H](c2ccccc2)C3)[C@@H](C(=O)O)C1. The summed E-state index contributed by atoms with van der Waals surface area (Å²) in [6.45, 7) is 3.89. The van der Waals surface area contributed by atoms with E-state index in [1.807, 2.05) is 32.0 Å². The number of amides is 1. The lowest BCUT2D eigenvalue weighted by Crippen LogP contribution is -2.36. The average molecular weight is 435 g/mol. The fraction of sp³-hybridized carbons (Fsp3) is 0.400. The standard InChI is InChI=1S/C25H26N2O3S/c1-14-10-19(20(25(29)30)11-15(14)2)23(28)27-24-21(13-26)18-9-8-17(12-22(18)31-24)16-6-4-3-5-7-16/h3-7,17,19-20H,8-12H2,1-2H3,(H,27,28)(H,29,30)/t17-,19+,20-/m0/s1. The van der Waals surface area contributed by atoms with E-state index in [2.05, 4.69) is 23.5 Å². The number of hydrogen-bond acceptors (Lipinski definition) is 4. The Labute approximate surface area is 186 Å². The second-order valence-corrected chi connectivity index (χ2v) is 9.78. The van der Waals surface area contributed by atoms with Gasteiger partial charge in [-0.15, -0.1) is 11.3 Å². The number of carbonyl (C=O) groups excluding carboxylic acids is 1. The van der Waals surface area contributed by atoms with Crippen LogP contribution in [-0.4, -0.2) is 17.0 Å². The fourth-order valence-electron chi connectivity index (χ4n) is 4.83. The number of hydrogen-bond donors (Lipinski definition) is 2. The minimum Gasteiger partial charge on any atom is -0.481 e. The van der Waals surface area contributed by atoms with E-state index in [4.69, 9.17) is 0 Å². The normalized spacial score (nSPS) is 23.1. The second kappa shape index (κ2) is 8.68. The second-order valence-electron chi connectivity index (χ2n) is 8.68. The predicted octanol–water partition coefficient (Wildman–Crippen LogP) is 5.28. The van der Waals surface area contributed by atoms with Gasteiger partial charge in [-0.2, -0.15) is 5.26 Å². The smallest absolute Gasteiger partial charge is 0.307 e. The Kier molecular flexibility index (Phi) is 5.97. The molecule has 4 rings (SSSR count). The highest BCUT2D eigenvalue weighted by Gasteiger charge is 2.38. The van der Waals surface area contributed by atoms with Crippen LogP contribution in [0.1, 0.15) is 60.6 Å². The third kappa shape index (κ3) is 4.15. The molecule has 6 heteroatoms. The molecule has 0 fully saturated rings. The molecular weight excluding hydrogens is 408 g/mol. The molecule has 2 aliphatic carbocycles. The molecule has 3 atom stereocenters. The van der Waals surface area contributed by atoms with Crippen molar-refractivity contribution < 1.29 is 14.7 Å². The van der Waals surface area contributed by atoms with E-state index in [1.54, 1.807) is 0 Å². The summed E-state index contributed by atoms with van der Waals surface area (Å²) in [4.78, 5) is 26.0. The third-order valence-electron chi connectivity index (χ3n) is 6.81. The number of thiophene rings is 1. The molecule has 0 unspecified atom stereocenters. The van der Waals surface area contributed by atoms with E-state index in [-0.39, 0.29) is 5.91 Å². The molecular formula is C25H26N2O3S. The maximum absolute atomic E-state index is 13.1. The van der Waals surface area contributed by atoms with Gasteiger partial charge in [0, 0.05) is 4.88 Å². The van der Waals surface area contributed by atoms with Crippen LogP contribution in [-0.2, 0) is 22.4 Å². The van der Waals surface area contributed by atoms with Gasteiger partial charge in [0.05, 0.1) is 17.4 Å². The molecule has 0 aliphatic heterocycles. The molecule has 2 aliphatic rings. The van der Waals surface area contributed by atoms with Gasteiger partial charge in [0.2, 0.25) is 5.91 Å². The number of nitriles is 1. The first-order chi connectivity index (χ1) is 14.9. The molecule has 0 bridgehead atoms. The van der Waals surface area contributed by atoms with Gasteiger partial charge in [-0.05, 0) is 63.0 Å². The number of aliphatic carboxylic acids is 1. The first-order valence-corrected chi connectivity index (χ1v) is 11.5. The molecule has 0 spiro atoms. The van der Waals surface area contributed by atoms with Crippen LogP contribution in [0.3, 0.4) is 0 Å². The number of anilines is 1. The zero-order valence-electron chi connectivity index (χ0n) is 17.8. The molecule has 0 saturated carbocycles. The minimum absolute atomic E-state index is 0.297. The third-order valence-corrected chi connectivity index (χ3v) is 7.97. The highest BCUT2D eigenvalue weighted by molar-refractivity contribution is 7.16. The Morgan fingerprint density at radius 3 is 2.42 bits per heavy atom. The first-order valence-electron chi connectivity index (χ1n) is 10.7. The summed E-state index contributed by atoms with van der Waals surface area (Å²) in [6, 6.07) is 12.7. The molecule has 1 aromatic heterocycles. The monoisotopic (exact) mass is 434 g/mol. The van der Waals surface area contributed by atoms with Crippen molar-refractivity contribution >= 4 is 28.2 Å². The molecule has 0 saturated heterocycles. The van der Waals surface area contributed by atoms with E-state index in [0.29, 0.717) is 29.3 Å². The van der Waals surface area contributed by atoms with Crippen LogP contribution in [0, 0.1) is 23.2 Å². The predicted molar refractivity (Wildman–Crippen MR) is 121 cm³/mol. The molecule has 2 N–H and O–H groups in total. The number of carboxylic acid groups (broad SMARTS) is 1. The van der Waals surface area contributed by atoms with Crippen LogP contribution in [0.4, 0.5) is 5.00 Å². The lowest BCUT2D eigenvalue weighted by molar-refractivity contribution is -0.146. The number of fused-ring (bicyclic) bond motifs is 1. The van der Waals surface area contributed by atoms with Crippen molar-refractivity contribution in [3.05, 3.63) is 63.0 Å². The molecule has 1 aromatic carbocycles. The van der Waals surface area contributed by atoms with Crippen molar-refractivity contribution in [1.82, 2.24) is 0 Å². The highest BCUT2D eigenvalue weighted by Crippen LogP contribution is 2.43. The molecule has 2 aromatic rings. The van der Waals surface area contributed by atoms with Gasteiger partial charge < -0.3 is 10.4 Å². The summed E-state index contributed by atoms with van der Waals surface area (Å²) >= 11 is 1.47. The Hall–Kier alpha value is -2.91. The fourth-order valence-corrected chi connectivity index (χ4v) is 6.11. The molecule has 1 heterocycles. The first kappa shape index (κ1) is 21.3. The maximum atomic E-state index is 13.1. The number of carboxylic acids is 1. The summed E-state index contributed by atoms with van der Waals surface area (Å²) < 4.78 is 0. The van der Waals surface area contributed by atoms with Crippen molar-refractivity contribution in [2.75, 3.05) is 5.32 Å². The quantitative estimate of drug-likeness (QED) is 0.641. The number of nitrogens with one attached hydrogen (secondary N) is 1. The summed E-state index contributed by atoms with van der Waals surface area (Å²) in [5.41, 5.74) is 5.02. The lowest BCUT2D eigenvalue weighted by atomic mass is 9.76. The van der Waals surface area contributed by atoms with Gasteiger partial charge in [-0.3, -0.25) is 9.59 Å². The van der Waals surface area contributed by atoms with Crippen LogP contribution < -0.4 is 5.32 Å². The van der Waals surface area contributed by atoms with Gasteiger partial charge in [-0.1, -0.05) is 41.5 Å². The molecule has 160 valence electrons. The van der Waals surface area contributed by atoms with Crippen molar-refractivity contribution in [2.24, 2.45) is 11.8 Å². The molecule has 1 amide bonds. The van der Waals surface area contributed by atoms with E-state index < -0.39 is 17.8 Å². The number of nitrogens with zero attached hydrogens (tertiary/aromatic N) is 1. The molecule has 0 radical (unpaired) electrons. The Morgan fingerprint density at radius 1 is 1.10 bits per heavy atom. The van der Waals surface area contributed by atoms with Gasteiger partial charge in [0.1, 0.15) is 11.1 Å². The van der Waals surface area contributed by atoms with Crippen LogP contribution in [0.5, 0.6) is 0 Å². The summed E-state index contributed by atoms with van der Waals surface area (Å²) in [7, 11) is 0. The Bertz CT molecular complexity index is 1090. The van der Waals surface area contributed by atoms with Gasteiger partial charge >= 0.3 is 5.97 Å². The Balaban J connectivity index is 1.57. The van der Waals surface area contributed by atoms with Gasteiger partial charge in [-0.25, -0.2) is 0 Å². The summed E-state index contributed by atoms with van der Waals surface area (Å²) in [5.74, 6) is -2.18. The van der Waals surface area contributed by atoms with Crippen molar-refractivity contribution in [2.45, 2.75) is 51.9 Å². The van der Waals surface area contributed by atoms with Crippen molar-refractivity contribution in [1.29, 1.82) is 5.26 Å². The average Bonchev–Trinajstić information content (AvgIpc) is 3.11. The lowest BCUT2D eigenvalue weighted by Gasteiger charge is -2.29. The summed E-state index contributed by atoms with van der Waals surface area (Å²) in [6.07, 6.45) is 3.48. The van der Waals surface area contributed by atoms with E-state index in [0.717, 1.165) is 40.8 Å². The largest absolute Gasteiger partial charge is 0.481 e. The van der Waals surface area contributed by atoms with E-state index in [9.17, 15) is 20.0 Å². The van der Waals surface area contributed by atoms with E-state index >= 15 is 0 Å². The molecule has 5 nitrogen and oxygen atoms in total. The number of benzene rings is 1. The molecule has 31 heavy (non-hydrogen) atoms. The number of rotatable bonds is 4. The highest BCUT2D eigenvalue weighted by atomic mass is 32.1. The zero-order chi connectivity index (χ0) is 22.1. The number of allylic oxidation sites excluding steroid dienone is 2.